The Morgan fingerprint density at radius 1 is 1.13 bits per heavy atom. The summed E-state index contributed by atoms with van der Waals surface area (Å²) in [7, 11) is 0. The number of nitrogens with one attached hydrogen (secondary N) is 1. The molecule has 7 nitrogen and oxygen atoms in total. The van der Waals surface area contributed by atoms with Gasteiger partial charge in [0.15, 0.2) is 12.4 Å². The van der Waals surface area contributed by atoms with Gasteiger partial charge in [-0.15, -0.1) is 0 Å². The lowest BCUT2D eigenvalue weighted by Crippen LogP contribution is -2.43. The Hall–Kier alpha value is -3.22. The minimum Gasteiger partial charge on any atom is -0.484 e. The van der Waals surface area contributed by atoms with E-state index in [0.29, 0.717) is 49.5 Å². The summed E-state index contributed by atoms with van der Waals surface area (Å²) in [6.45, 7) is 4.74. The van der Waals surface area contributed by atoms with Crippen LogP contribution in [0.5, 0.6) is 5.75 Å². The smallest absolute Gasteiger partial charge is 0.260 e. The minimum atomic E-state index is -0.138. The van der Waals surface area contributed by atoms with Gasteiger partial charge in [-0.05, 0) is 61.7 Å². The molecule has 0 radical (unpaired) electrons. The number of benzene rings is 1. The lowest BCUT2D eigenvalue weighted by atomic mass is 9.96. The van der Waals surface area contributed by atoms with E-state index in [1.54, 1.807) is 35.4 Å². The van der Waals surface area contributed by atoms with E-state index in [0.717, 1.165) is 5.56 Å². The van der Waals surface area contributed by atoms with Crippen LogP contribution in [0.4, 0.5) is 5.82 Å². The number of ketones is 1. The number of carbonyl (C=O) groups excluding carboxylic acids is 3. The maximum absolute atomic E-state index is 12.5. The number of aromatic nitrogens is 1. The van der Waals surface area contributed by atoms with Crippen molar-refractivity contribution in [2.45, 2.75) is 33.1 Å². The molecule has 2 amide bonds. The number of amides is 2. The fraction of sp³-hybridized carbons (Fsp3) is 0.391. The number of Topliss-reactive ketones (excluding diaryl/α,β-unsaturated/α-hetero) is 1. The molecule has 1 N–H and O–H groups in total. The first kappa shape index (κ1) is 21.5. The van der Waals surface area contributed by atoms with Gasteiger partial charge in [-0.2, -0.15) is 0 Å². The summed E-state index contributed by atoms with van der Waals surface area (Å²) in [5.74, 6) is 0.874. The first-order valence-electron chi connectivity index (χ1n) is 10.2. The van der Waals surface area contributed by atoms with Crippen LogP contribution in [-0.2, 0) is 9.59 Å². The van der Waals surface area contributed by atoms with E-state index >= 15 is 0 Å². The third kappa shape index (κ3) is 5.65. The molecular weight excluding hydrogens is 382 g/mol. The largest absolute Gasteiger partial charge is 0.484 e. The molecule has 0 aliphatic carbocycles. The van der Waals surface area contributed by atoms with Gasteiger partial charge in [0.25, 0.3) is 5.91 Å². The van der Waals surface area contributed by atoms with Crippen LogP contribution in [0.3, 0.4) is 0 Å². The van der Waals surface area contributed by atoms with E-state index in [2.05, 4.69) is 10.3 Å². The molecule has 1 saturated heterocycles. The number of pyridine rings is 1. The molecule has 1 aromatic heterocycles. The third-order valence-electron chi connectivity index (χ3n) is 5.24. The fourth-order valence-corrected chi connectivity index (χ4v) is 3.40. The van der Waals surface area contributed by atoms with Crippen LogP contribution in [0.1, 0.15) is 42.1 Å². The molecule has 0 spiro atoms. The summed E-state index contributed by atoms with van der Waals surface area (Å²) in [5.41, 5.74) is 1.67. The topological polar surface area (TPSA) is 88.6 Å². The predicted molar refractivity (Wildman–Crippen MR) is 113 cm³/mol. The number of ether oxygens (including phenoxy) is 1. The first-order chi connectivity index (χ1) is 14.5. The number of hydrogen-bond acceptors (Lipinski definition) is 5. The van der Waals surface area contributed by atoms with Crippen molar-refractivity contribution in [3.8, 4) is 5.75 Å². The summed E-state index contributed by atoms with van der Waals surface area (Å²) >= 11 is 0. The van der Waals surface area contributed by atoms with Gasteiger partial charge >= 0.3 is 0 Å². The van der Waals surface area contributed by atoms with E-state index < -0.39 is 0 Å². The van der Waals surface area contributed by atoms with Crippen LogP contribution in [-0.4, -0.2) is 47.2 Å². The molecule has 0 saturated carbocycles. The Morgan fingerprint density at radius 2 is 1.83 bits per heavy atom. The van der Waals surface area contributed by atoms with E-state index in [1.807, 2.05) is 26.0 Å². The summed E-state index contributed by atoms with van der Waals surface area (Å²) in [6, 6.07) is 10.5. The van der Waals surface area contributed by atoms with E-state index in [-0.39, 0.29) is 30.1 Å². The summed E-state index contributed by atoms with van der Waals surface area (Å²) < 4.78 is 5.56. The average Bonchev–Trinajstić information content (AvgIpc) is 2.77. The molecule has 1 aromatic carbocycles. The monoisotopic (exact) mass is 409 g/mol. The van der Waals surface area contributed by atoms with Gasteiger partial charge in [-0.25, -0.2) is 4.98 Å². The minimum absolute atomic E-state index is 0.0573. The van der Waals surface area contributed by atoms with E-state index in [1.165, 1.54) is 0 Å². The van der Waals surface area contributed by atoms with Crippen LogP contribution in [0.25, 0.3) is 0 Å². The highest BCUT2D eigenvalue weighted by Crippen LogP contribution is 2.20. The molecule has 2 aromatic rings. The zero-order valence-electron chi connectivity index (χ0n) is 17.4. The number of carbonyl (C=O) groups is 3. The summed E-state index contributed by atoms with van der Waals surface area (Å²) in [4.78, 5) is 42.4. The second kappa shape index (κ2) is 10.0. The van der Waals surface area contributed by atoms with Crippen molar-refractivity contribution in [3.63, 3.8) is 0 Å². The molecule has 3 rings (SSSR count). The second-order valence-corrected chi connectivity index (χ2v) is 7.45. The zero-order valence-corrected chi connectivity index (χ0v) is 17.4. The third-order valence-corrected chi connectivity index (χ3v) is 5.24. The maximum atomic E-state index is 12.5. The number of aryl methyl sites for hydroxylation is 1. The van der Waals surface area contributed by atoms with Gasteiger partial charge < -0.3 is 15.0 Å². The number of rotatable bonds is 7. The van der Waals surface area contributed by atoms with Crippen molar-refractivity contribution in [1.82, 2.24) is 9.88 Å². The maximum Gasteiger partial charge on any atom is 0.260 e. The summed E-state index contributed by atoms with van der Waals surface area (Å²) in [6.07, 6.45) is 3.34. The zero-order chi connectivity index (χ0) is 21.5. The van der Waals surface area contributed by atoms with Crippen LogP contribution >= 0.6 is 0 Å². The molecule has 0 bridgehead atoms. The Labute approximate surface area is 176 Å². The lowest BCUT2D eigenvalue weighted by Gasteiger charge is -2.31. The number of anilines is 1. The van der Waals surface area contributed by atoms with Crippen LogP contribution in [0, 0.1) is 12.8 Å². The SMILES string of the molecule is CCC(=O)c1ccc(OCC(=O)N2CCC(C(=O)Nc3cc(C)ccn3)CC2)cc1. The van der Waals surface area contributed by atoms with Crippen molar-refractivity contribution >= 4 is 23.4 Å². The Balaban J connectivity index is 1.43. The van der Waals surface area contributed by atoms with Crippen molar-refractivity contribution < 1.29 is 19.1 Å². The van der Waals surface area contributed by atoms with Crippen molar-refractivity contribution in [3.05, 3.63) is 53.7 Å². The van der Waals surface area contributed by atoms with Crippen LogP contribution in [0.15, 0.2) is 42.6 Å². The molecule has 158 valence electrons. The van der Waals surface area contributed by atoms with Crippen LogP contribution in [0.2, 0.25) is 0 Å². The number of piperidine rings is 1. The van der Waals surface area contributed by atoms with E-state index in [9.17, 15) is 14.4 Å². The molecule has 1 aliphatic heterocycles. The number of nitrogens with zero attached hydrogens (tertiary/aromatic N) is 2. The van der Waals surface area contributed by atoms with Gasteiger partial charge in [-0.3, -0.25) is 14.4 Å². The summed E-state index contributed by atoms with van der Waals surface area (Å²) in [5, 5.41) is 2.86. The molecule has 7 heteroatoms. The number of hydrogen-bond donors (Lipinski definition) is 1. The second-order valence-electron chi connectivity index (χ2n) is 7.45. The molecule has 1 aliphatic rings. The standard InChI is InChI=1S/C23H27N3O4/c1-3-20(27)17-4-6-19(7-5-17)30-15-22(28)26-12-9-18(10-13-26)23(29)25-21-14-16(2)8-11-24-21/h4-8,11,14,18H,3,9-10,12-13,15H2,1-2H3,(H,24,25,29). The van der Waals surface area contributed by atoms with E-state index in [4.69, 9.17) is 4.74 Å². The lowest BCUT2D eigenvalue weighted by molar-refractivity contribution is -0.136. The van der Waals surface area contributed by atoms with Crippen molar-refractivity contribution in [2.24, 2.45) is 5.92 Å². The van der Waals surface area contributed by atoms with Gasteiger partial charge in [0, 0.05) is 37.2 Å². The molecule has 0 unspecified atom stereocenters. The fourth-order valence-electron chi connectivity index (χ4n) is 3.40. The molecule has 1 fully saturated rings. The molecule has 0 atom stereocenters. The average molecular weight is 409 g/mol. The molecular formula is C23H27N3O4. The Kier molecular flexibility index (Phi) is 7.17. The molecule has 2 heterocycles. The normalized spacial score (nSPS) is 14.3. The highest BCUT2D eigenvalue weighted by molar-refractivity contribution is 5.96. The van der Waals surface area contributed by atoms with Crippen molar-refractivity contribution in [1.29, 1.82) is 0 Å². The number of likely N-dealkylation sites (tertiary alicyclic amines) is 1. The first-order valence-corrected chi connectivity index (χ1v) is 10.2. The highest BCUT2D eigenvalue weighted by Gasteiger charge is 2.27. The quantitative estimate of drug-likeness (QED) is 0.709. The highest BCUT2D eigenvalue weighted by atomic mass is 16.5. The molecule has 30 heavy (non-hydrogen) atoms. The van der Waals surface area contributed by atoms with Gasteiger partial charge in [0.2, 0.25) is 5.91 Å². The predicted octanol–water partition coefficient (Wildman–Crippen LogP) is 3.24. The van der Waals surface area contributed by atoms with Crippen molar-refractivity contribution in [2.75, 3.05) is 25.0 Å². The van der Waals surface area contributed by atoms with Crippen LogP contribution < -0.4 is 10.1 Å². The van der Waals surface area contributed by atoms with Gasteiger partial charge in [0.05, 0.1) is 0 Å². The van der Waals surface area contributed by atoms with Gasteiger partial charge in [-0.1, -0.05) is 6.92 Å². The Morgan fingerprint density at radius 3 is 2.47 bits per heavy atom. The Bertz CT molecular complexity index is 903. The van der Waals surface area contributed by atoms with Gasteiger partial charge in [0.1, 0.15) is 11.6 Å².